The Bertz CT molecular complexity index is 214. The molecule has 1 aliphatic heterocycles. The van der Waals surface area contributed by atoms with Gasteiger partial charge in [0, 0.05) is 0 Å². The number of morpholine rings is 1. The molecule has 0 aromatic carbocycles. The summed E-state index contributed by atoms with van der Waals surface area (Å²) < 4.78 is 5.69. The normalized spacial score (nSPS) is 29.9. The van der Waals surface area contributed by atoms with Crippen molar-refractivity contribution in [2.45, 2.75) is 39.8 Å². The smallest absolute Gasteiger partial charge is 0.179 e. The number of ether oxygens (including phenoxy) is 1. The minimum atomic E-state index is 0.120. The first-order valence-corrected chi connectivity index (χ1v) is 4.73. The predicted octanol–water partition coefficient (Wildman–Crippen LogP) is 1.60. The largest absolute Gasteiger partial charge is 0.374 e. The summed E-state index contributed by atoms with van der Waals surface area (Å²) in [6.07, 6.45) is 2.38. The quantitative estimate of drug-likeness (QED) is 0.534. The first-order valence-electron chi connectivity index (χ1n) is 4.73. The molecular formula is C10H18N2O. The lowest BCUT2D eigenvalue weighted by molar-refractivity contribution is -0.0861. The van der Waals surface area contributed by atoms with Crippen molar-refractivity contribution in [1.82, 2.24) is 4.90 Å². The second kappa shape index (κ2) is 3.55. The van der Waals surface area contributed by atoms with Gasteiger partial charge in [0.2, 0.25) is 0 Å². The lowest BCUT2D eigenvalue weighted by Gasteiger charge is -2.40. The minimum Gasteiger partial charge on any atom is -0.374 e. The Kier molecular flexibility index (Phi) is 2.82. The average molecular weight is 182 g/mol. The van der Waals surface area contributed by atoms with Gasteiger partial charge in [-0.25, -0.2) is 0 Å². The van der Waals surface area contributed by atoms with Crippen LogP contribution in [-0.4, -0.2) is 30.2 Å². The third-order valence-electron chi connectivity index (χ3n) is 2.53. The van der Waals surface area contributed by atoms with Crippen molar-refractivity contribution >= 4 is 0 Å². The van der Waals surface area contributed by atoms with Crippen molar-refractivity contribution < 1.29 is 4.74 Å². The zero-order chi connectivity index (χ0) is 10.1. The van der Waals surface area contributed by atoms with Gasteiger partial charge in [-0.15, -0.1) is 0 Å². The summed E-state index contributed by atoms with van der Waals surface area (Å²) in [6, 6.07) is 0.226. The molecule has 0 amide bonds. The Morgan fingerprint density at radius 3 is 2.54 bits per heavy atom. The van der Waals surface area contributed by atoms with E-state index in [4.69, 9.17) is 10.00 Å². The number of hydrogen-bond acceptors (Lipinski definition) is 3. The molecule has 1 saturated heterocycles. The molecule has 0 aromatic rings. The molecule has 2 unspecified atom stereocenters. The van der Waals surface area contributed by atoms with Gasteiger partial charge >= 0.3 is 0 Å². The van der Waals surface area contributed by atoms with Crippen LogP contribution in [0.25, 0.3) is 0 Å². The van der Waals surface area contributed by atoms with E-state index in [9.17, 15) is 0 Å². The highest BCUT2D eigenvalue weighted by molar-refractivity contribution is 4.90. The molecule has 13 heavy (non-hydrogen) atoms. The summed E-state index contributed by atoms with van der Waals surface area (Å²) in [5.41, 5.74) is 0.120. The lowest BCUT2D eigenvalue weighted by Crippen LogP contribution is -2.50. The lowest BCUT2D eigenvalue weighted by atomic mass is 9.87. The highest BCUT2D eigenvalue weighted by Gasteiger charge is 2.33. The Hall–Kier alpha value is -0.750. The van der Waals surface area contributed by atoms with E-state index in [1.807, 2.05) is 6.92 Å². The molecule has 1 fully saturated rings. The summed E-state index contributed by atoms with van der Waals surface area (Å²) >= 11 is 0. The van der Waals surface area contributed by atoms with E-state index in [0.717, 1.165) is 6.54 Å². The standard InChI is InChI=1S/C10H18N2O/c1-8-6-13-9(10(2,3)4)5-12(8)7-11/h8-9H,5-6H2,1-4H3. The molecular weight excluding hydrogens is 164 g/mol. The maximum atomic E-state index is 8.87. The topological polar surface area (TPSA) is 36.3 Å². The second-order valence-corrected chi connectivity index (χ2v) is 4.79. The first kappa shape index (κ1) is 10.3. The molecule has 0 spiro atoms. The van der Waals surface area contributed by atoms with Crippen LogP contribution in [-0.2, 0) is 4.74 Å². The van der Waals surface area contributed by atoms with Crippen LogP contribution in [0.15, 0.2) is 0 Å². The molecule has 3 nitrogen and oxygen atoms in total. The fourth-order valence-electron chi connectivity index (χ4n) is 1.42. The van der Waals surface area contributed by atoms with Crippen molar-refractivity contribution in [3.8, 4) is 6.19 Å². The molecule has 0 bridgehead atoms. The molecule has 74 valence electrons. The summed E-state index contributed by atoms with van der Waals surface area (Å²) in [4.78, 5) is 1.80. The van der Waals surface area contributed by atoms with Gasteiger partial charge in [0.15, 0.2) is 6.19 Å². The average Bonchev–Trinajstić information content (AvgIpc) is 2.03. The summed E-state index contributed by atoms with van der Waals surface area (Å²) in [6.45, 7) is 9.83. The molecule has 0 radical (unpaired) electrons. The third-order valence-corrected chi connectivity index (χ3v) is 2.53. The molecule has 0 aliphatic carbocycles. The Morgan fingerprint density at radius 2 is 2.08 bits per heavy atom. The summed E-state index contributed by atoms with van der Waals surface area (Å²) in [7, 11) is 0. The van der Waals surface area contributed by atoms with E-state index in [1.54, 1.807) is 4.90 Å². The van der Waals surface area contributed by atoms with Gasteiger partial charge in [-0.2, -0.15) is 5.26 Å². The highest BCUT2D eigenvalue weighted by atomic mass is 16.5. The summed E-state index contributed by atoms with van der Waals surface area (Å²) in [5.74, 6) is 0. The predicted molar refractivity (Wildman–Crippen MR) is 51.0 cm³/mol. The van der Waals surface area contributed by atoms with Crippen molar-refractivity contribution in [3.05, 3.63) is 0 Å². The number of hydrogen-bond donors (Lipinski definition) is 0. The Labute approximate surface area is 80.3 Å². The van der Waals surface area contributed by atoms with Crippen LogP contribution in [0.3, 0.4) is 0 Å². The number of rotatable bonds is 0. The van der Waals surface area contributed by atoms with E-state index in [0.29, 0.717) is 6.61 Å². The molecule has 2 atom stereocenters. The fourth-order valence-corrected chi connectivity index (χ4v) is 1.42. The number of nitriles is 1. The van der Waals surface area contributed by atoms with Crippen molar-refractivity contribution in [2.24, 2.45) is 5.41 Å². The van der Waals surface area contributed by atoms with Crippen LogP contribution >= 0.6 is 0 Å². The fraction of sp³-hybridized carbons (Fsp3) is 0.900. The first-order chi connectivity index (χ1) is 5.95. The Morgan fingerprint density at radius 1 is 1.46 bits per heavy atom. The van der Waals surface area contributed by atoms with Crippen molar-refractivity contribution in [2.75, 3.05) is 13.2 Å². The van der Waals surface area contributed by atoms with E-state index >= 15 is 0 Å². The van der Waals surface area contributed by atoms with Crippen LogP contribution in [0.1, 0.15) is 27.7 Å². The molecule has 0 aromatic heterocycles. The van der Waals surface area contributed by atoms with Crippen LogP contribution in [0.5, 0.6) is 0 Å². The van der Waals surface area contributed by atoms with Crippen LogP contribution in [0, 0.1) is 16.9 Å². The zero-order valence-electron chi connectivity index (χ0n) is 8.87. The molecule has 1 rings (SSSR count). The third kappa shape index (κ3) is 2.35. The van der Waals surface area contributed by atoms with Crippen LogP contribution in [0.4, 0.5) is 0 Å². The van der Waals surface area contributed by atoms with Gasteiger partial charge in [-0.05, 0) is 12.3 Å². The summed E-state index contributed by atoms with van der Waals surface area (Å²) in [5, 5.41) is 8.87. The van der Waals surface area contributed by atoms with Gasteiger partial charge in [0.25, 0.3) is 0 Å². The molecule has 1 heterocycles. The molecule has 0 saturated carbocycles. The van der Waals surface area contributed by atoms with E-state index in [-0.39, 0.29) is 17.6 Å². The molecule has 0 N–H and O–H groups in total. The monoisotopic (exact) mass is 182 g/mol. The maximum Gasteiger partial charge on any atom is 0.179 e. The van der Waals surface area contributed by atoms with Crippen LogP contribution < -0.4 is 0 Å². The van der Waals surface area contributed by atoms with Gasteiger partial charge in [-0.3, -0.25) is 0 Å². The van der Waals surface area contributed by atoms with E-state index in [2.05, 4.69) is 27.0 Å². The number of nitrogens with zero attached hydrogens (tertiary/aromatic N) is 2. The van der Waals surface area contributed by atoms with Crippen molar-refractivity contribution in [1.29, 1.82) is 5.26 Å². The SMILES string of the molecule is CC1COC(C(C)(C)C)CN1C#N. The van der Waals surface area contributed by atoms with Gasteiger partial charge in [0.05, 0.1) is 25.3 Å². The van der Waals surface area contributed by atoms with Crippen LogP contribution in [0.2, 0.25) is 0 Å². The highest BCUT2D eigenvalue weighted by Crippen LogP contribution is 2.26. The maximum absolute atomic E-state index is 8.87. The van der Waals surface area contributed by atoms with Gasteiger partial charge in [-0.1, -0.05) is 20.8 Å². The molecule has 3 heteroatoms. The van der Waals surface area contributed by atoms with Gasteiger partial charge < -0.3 is 9.64 Å². The zero-order valence-corrected chi connectivity index (χ0v) is 8.87. The molecule has 1 aliphatic rings. The van der Waals surface area contributed by atoms with E-state index < -0.39 is 0 Å². The van der Waals surface area contributed by atoms with E-state index in [1.165, 1.54) is 0 Å². The second-order valence-electron chi connectivity index (χ2n) is 4.79. The van der Waals surface area contributed by atoms with Gasteiger partial charge in [0.1, 0.15) is 0 Å². The van der Waals surface area contributed by atoms with Crippen molar-refractivity contribution in [3.63, 3.8) is 0 Å². The minimum absolute atomic E-state index is 0.120. The Balaban J connectivity index is 2.61.